The van der Waals surface area contributed by atoms with Crippen molar-refractivity contribution >= 4 is 17.7 Å². The minimum absolute atomic E-state index is 0.163. The van der Waals surface area contributed by atoms with Crippen molar-refractivity contribution in [3.05, 3.63) is 64.2 Å². The van der Waals surface area contributed by atoms with Gasteiger partial charge >= 0.3 is 0 Å². The van der Waals surface area contributed by atoms with Gasteiger partial charge in [-0.2, -0.15) is 5.26 Å². The van der Waals surface area contributed by atoms with Crippen LogP contribution < -0.4 is 21.1 Å². The van der Waals surface area contributed by atoms with Crippen LogP contribution in [0.4, 0.5) is 0 Å². The highest BCUT2D eigenvalue weighted by molar-refractivity contribution is 5.94. The van der Waals surface area contributed by atoms with Gasteiger partial charge in [0.05, 0.1) is 11.6 Å². The highest BCUT2D eigenvalue weighted by atomic mass is 16.5. The van der Waals surface area contributed by atoms with Crippen molar-refractivity contribution in [2.45, 2.75) is 33.7 Å². The Balaban J connectivity index is 0.000000861. The lowest BCUT2D eigenvalue weighted by atomic mass is 10.1. The number of nitriles is 1. The first-order valence-corrected chi connectivity index (χ1v) is 9.71. The molecule has 0 bridgehead atoms. The van der Waals surface area contributed by atoms with Gasteiger partial charge in [0.15, 0.2) is 6.61 Å². The second kappa shape index (κ2) is 12.6. The Bertz CT molecular complexity index is 960. The standard InChI is InChI=1S/C20H21N3O3.C3H7NO/c1-13-6-14(2)8-17(7-13)20(25)23-11-16-5-4-15(10-21)9-18(16)26-12-19(24)22-3;1-2-3(4)5/h4-9H,11-12H2,1-3H3,(H,22,24)(H,23,25);2H2,1H3,(H2,4,5). The number of hydrogen-bond acceptors (Lipinski definition) is 5. The molecule has 0 saturated carbocycles. The molecular formula is C23H28N4O4. The summed E-state index contributed by atoms with van der Waals surface area (Å²) in [7, 11) is 1.52. The number of nitrogens with two attached hydrogens (primary N) is 1. The topological polar surface area (TPSA) is 134 Å². The lowest BCUT2D eigenvalue weighted by molar-refractivity contribution is -0.122. The van der Waals surface area contributed by atoms with Gasteiger partial charge in [-0.1, -0.05) is 30.2 Å². The van der Waals surface area contributed by atoms with Crippen molar-refractivity contribution in [2.75, 3.05) is 13.7 Å². The summed E-state index contributed by atoms with van der Waals surface area (Å²) in [5.41, 5.74) is 8.38. The summed E-state index contributed by atoms with van der Waals surface area (Å²) in [6.45, 7) is 5.66. The van der Waals surface area contributed by atoms with Crippen molar-refractivity contribution in [2.24, 2.45) is 5.73 Å². The highest BCUT2D eigenvalue weighted by Crippen LogP contribution is 2.20. The molecule has 164 valence electrons. The molecule has 3 amide bonds. The number of nitrogens with one attached hydrogen (secondary N) is 2. The van der Waals surface area contributed by atoms with Crippen LogP contribution in [0.2, 0.25) is 0 Å². The molecule has 0 spiro atoms. The molecule has 0 aromatic heterocycles. The Morgan fingerprint density at radius 1 is 1.10 bits per heavy atom. The maximum absolute atomic E-state index is 12.4. The molecule has 2 aromatic rings. The Hall–Kier alpha value is -3.86. The van der Waals surface area contributed by atoms with Crippen LogP contribution in [0.5, 0.6) is 5.75 Å². The number of primary amides is 1. The molecule has 2 aromatic carbocycles. The van der Waals surface area contributed by atoms with Crippen molar-refractivity contribution < 1.29 is 19.1 Å². The van der Waals surface area contributed by atoms with E-state index in [0.717, 1.165) is 11.1 Å². The molecule has 0 fully saturated rings. The van der Waals surface area contributed by atoms with Gasteiger partial charge in [-0.25, -0.2) is 0 Å². The van der Waals surface area contributed by atoms with E-state index in [-0.39, 0.29) is 30.9 Å². The van der Waals surface area contributed by atoms with E-state index in [4.69, 9.17) is 10.00 Å². The third kappa shape index (κ3) is 9.00. The van der Waals surface area contributed by atoms with Crippen LogP contribution in [0.15, 0.2) is 36.4 Å². The predicted molar refractivity (Wildman–Crippen MR) is 117 cm³/mol. The predicted octanol–water partition coefficient (Wildman–Crippen LogP) is 2.11. The monoisotopic (exact) mass is 424 g/mol. The fourth-order valence-corrected chi connectivity index (χ4v) is 2.50. The Morgan fingerprint density at radius 3 is 2.23 bits per heavy atom. The van der Waals surface area contributed by atoms with Crippen molar-refractivity contribution in [3.8, 4) is 11.8 Å². The summed E-state index contributed by atoms with van der Waals surface area (Å²) < 4.78 is 5.49. The largest absolute Gasteiger partial charge is 0.483 e. The van der Waals surface area contributed by atoms with Gasteiger partial charge in [0, 0.05) is 31.1 Å². The van der Waals surface area contributed by atoms with Crippen LogP contribution in [0.3, 0.4) is 0 Å². The van der Waals surface area contributed by atoms with Gasteiger partial charge in [0.25, 0.3) is 11.8 Å². The van der Waals surface area contributed by atoms with E-state index in [1.165, 1.54) is 7.05 Å². The van der Waals surface area contributed by atoms with Gasteiger partial charge in [-0.15, -0.1) is 0 Å². The van der Waals surface area contributed by atoms with Crippen LogP contribution in [-0.4, -0.2) is 31.4 Å². The van der Waals surface area contributed by atoms with E-state index in [9.17, 15) is 14.4 Å². The molecule has 8 nitrogen and oxygen atoms in total. The van der Waals surface area contributed by atoms with Crippen LogP contribution >= 0.6 is 0 Å². The fraction of sp³-hybridized carbons (Fsp3) is 0.304. The second-order valence-electron chi connectivity index (χ2n) is 6.78. The number of aryl methyl sites for hydroxylation is 2. The number of hydrogen-bond donors (Lipinski definition) is 3. The zero-order valence-electron chi connectivity index (χ0n) is 18.2. The molecule has 0 aliphatic heterocycles. The zero-order chi connectivity index (χ0) is 23.4. The minimum atomic E-state index is -0.280. The smallest absolute Gasteiger partial charge is 0.257 e. The molecule has 0 atom stereocenters. The molecule has 0 aliphatic carbocycles. The summed E-state index contributed by atoms with van der Waals surface area (Å²) in [6, 6.07) is 12.6. The fourth-order valence-electron chi connectivity index (χ4n) is 2.50. The van der Waals surface area contributed by atoms with Crippen molar-refractivity contribution in [3.63, 3.8) is 0 Å². The van der Waals surface area contributed by atoms with Gasteiger partial charge < -0.3 is 21.1 Å². The molecule has 8 heteroatoms. The molecule has 31 heavy (non-hydrogen) atoms. The highest BCUT2D eigenvalue weighted by Gasteiger charge is 2.11. The Labute approximate surface area is 182 Å². The molecule has 0 heterocycles. The average Bonchev–Trinajstić information content (AvgIpc) is 2.75. The second-order valence-corrected chi connectivity index (χ2v) is 6.78. The van der Waals surface area contributed by atoms with E-state index in [0.29, 0.717) is 28.9 Å². The zero-order valence-corrected chi connectivity index (χ0v) is 18.2. The van der Waals surface area contributed by atoms with E-state index in [1.807, 2.05) is 38.1 Å². The van der Waals surface area contributed by atoms with Crippen LogP contribution in [0.1, 0.15) is 46.0 Å². The van der Waals surface area contributed by atoms with Gasteiger partial charge in [0.1, 0.15) is 5.75 Å². The SMILES string of the molecule is CCC(N)=O.CNC(=O)COc1cc(C#N)ccc1CNC(=O)c1cc(C)cc(C)c1. The Morgan fingerprint density at radius 2 is 1.71 bits per heavy atom. The van der Waals surface area contributed by atoms with Crippen LogP contribution in [0, 0.1) is 25.2 Å². The quantitative estimate of drug-likeness (QED) is 0.626. The summed E-state index contributed by atoms with van der Waals surface area (Å²) in [6.07, 6.45) is 0.444. The molecule has 0 aliphatic rings. The lowest BCUT2D eigenvalue weighted by Gasteiger charge is -2.13. The van der Waals surface area contributed by atoms with E-state index < -0.39 is 0 Å². The lowest BCUT2D eigenvalue weighted by Crippen LogP contribution is -2.26. The summed E-state index contributed by atoms with van der Waals surface area (Å²) in [5.74, 6) is -0.325. The summed E-state index contributed by atoms with van der Waals surface area (Å²) in [4.78, 5) is 33.4. The number of rotatable bonds is 7. The molecule has 4 N–H and O–H groups in total. The van der Waals surface area contributed by atoms with E-state index in [1.54, 1.807) is 25.1 Å². The third-order valence-corrected chi connectivity index (χ3v) is 4.11. The molecule has 0 saturated heterocycles. The number of nitrogens with zero attached hydrogens (tertiary/aromatic N) is 1. The first-order chi connectivity index (χ1) is 14.7. The van der Waals surface area contributed by atoms with Crippen LogP contribution in [-0.2, 0) is 16.1 Å². The number of benzene rings is 2. The van der Waals surface area contributed by atoms with Gasteiger partial charge in [-0.3, -0.25) is 14.4 Å². The number of carbonyl (C=O) groups is 3. The van der Waals surface area contributed by atoms with E-state index >= 15 is 0 Å². The number of likely N-dealkylation sites (N-methyl/N-ethyl adjacent to an activating group) is 1. The molecule has 0 radical (unpaired) electrons. The summed E-state index contributed by atoms with van der Waals surface area (Å²) >= 11 is 0. The van der Waals surface area contributed by atoms with Crippen molar-refractivity contribution in [1.82, 2.24) is 10.6 Å². The maximum atomic E-state index is 12.4. The average molecular weight is 425 g/mol. The summed E-state index contributed by atoms with van der Waals surface area (Å²) in [5, 5.41) is 14.4. The molecule has 2 rings (SSSR count). The first kappa shape index (κ1) is 25.2. The first-order valence-electron chi connectivity index (χ1n) is 9.71. The van der Waals surface area contributed by atoms with Gasteiger partial charge in [0.2, 0.25) is 5.91 Å². The molecule has 0 unspecified atom stereocenters. The van der Waals surface area contributed by atoms with Crippen molar-refractivity contribution in [1.29, 1.82) is 5.26 Å². The van der Waals surface area contributed by atoms with Crippen LogP contribution in [0.25, 0.3) is 0 Å². The Kier molecular flexibility index (Phi) is 10.3. The minimum Gasteiger partial charge on any atom is -0.483 e. The number of amides is 3. The number of ether oxygens (including phenoxy) is 1. The van der Waals surface area contributed by atoms with E-state index in [2.05, 4.69) is 16.4 Å². The maximum Gasteiger partial charge on any atom is 0.257 e. The number of carbonyl (C=O) groups excluding carboxylic acids is 3. The van der Waals surface area contributed by atoms with Gasteiger partial charge in [-0.05, 0) is 38.1 Å². The third-order valence-electron chi connectivity index (χ3n) is 4.11. The molecular weight excluding hydrogens is 396 g/mol. The normalized spacial score (nSPS) is 9.52.